The number of hydrogen-bond donors (Lipinski definition) is 2. The van der Waals surface area contributed by atoms with Gasteiger partial charge in [0.05, 0.1) is 21.3 Å². The van der Waals surface area contributed by atoms with Crippen LogP contribution in [0.2, 0.25) is 5.02 Å². The molecule has 2 N–H and O–H groups in total. The number of nitro benzene ring substituents is 1. The Labute approximate surface area is 150 Å². The predicted octanol–water partition coefficient (Wildman–Crippen LogP) is 3.44. The molecule has 0 fully saturated rings. The van der Waals surface area contributed by atoms with Crippen LogP contribution in [0.1, 0.15) is 17.8 Å². The van der Waals surface area contributed by atoms with Crippen LogP contribution in [-0.2, 0) is 6.54 Å². The first-order valence-corrected chi connectivity index (χ1v) is 8.16. The van der Waals surface area contributed by atoms with Crippen LogP contribution < -0.4 is 10.6 Å². The molecule has 0 amide bonds. The van der Waals surface area contributed by atoms with Gasteiger partial charge in [-0.15, -0.1) is 0 Å². The van der Waals surface area contributed by atoms with Gasteiger partial charge in [-0.25, -0.2) is 0 Å². The van der Waals surface area contributed by atoms with Gasteiger partial charge in [0.25, 0.3) is 5.69 Å². The van der Waals surface area contributed by atoms with Gasteiger partial charge in [0.1, 0.15) is 0 Å². The third-order valence-electron chi connectivity index (χ3n) is 3.46. The lowest BCUT2D eigenvalue weighted by atomic mass is 10.3. The molecule has 0 aliphatic heterocycles. The maximum Gasteiger partial charge on any atom is 0.269 e. The zero-order valence-electron chi connectivity index (χ0n) is 13.4. The van der Waals surface area contributed by atoms with Gasteiger partial charge in [-0.1, -0.05) is 11.6 Å². The lowest BCUT2D eigenvalue weighted by Crippen LogP contribution is -2.29. The maximum atomic E-state index is 10.6. The van der Waals surface area contributed by atoms with Crippen LogP contribution in [-0.4, -0.2) is 26.4 Å². The standard InChI is InChI=1S/C15H18ClN5O2S/c1-10-14(16)11(2)20(19-10)9-3-8-17-15(24)18-12-4-6-13(7-5-12)21(22)23/h4-7H,3,8-9H2,1-2H3,(H2,17,18,24). The highest BCUT2D eigenvalue weighted by atomic mass is 35.5. The predicted molar refractivity (Wildman–Crippen MR) is 98.6 cm³/mol. The summed E-state index contributed by atoms with van der Waals surface area (Å²) in [4.78, 5) is 10.2. The monoisotopic (exact) mass is 367 g/mol. The molecule has 0 unspecified atom stereocenters. The Hall–Kier alpha value is -2.19. The summed E-state index contributed by atoms with van der Waals surface area (Å²) in [6.07, 6.45) is 0.834. The molecule has 0 saturated heterocycles. The molecule has 0 spiro atoms. The lowest BCUT2D eigenvalue weighted by Gasteiger charge is -2.10. The first-order chi connectivity index (χ1) is 11.4. The number of thiocarbonyl (C=S) groups is 1. The lowest BCUT2D eigenvalue weighted by molar-refractivity contribution is -0.384. The molecule has 1 aromatic carbocycles. The second-order valence-electron chi connectivity index (χ2n) is 5.25. The molecule has 2 aromatic rings. The molecular weight excluding hydrogens is 350 g/mol. The molecule has 0 radical (unpaired) electrons. The number of aryl methyl sites for hydroxylation is 2. The Morgan fingerprint density at radius 2 is 2.04 bits per heavy atom. The number of non-ortho nitro benzene ring substituents is 1. The SMILES string of the molecule is Cc1nn(CCCNC(=S)Nc2ccc([N+](=O)[O-])cc2)c(C)c1Cl. The molecule has 7 nitrogen and oxygen atoms in total. The van der Waals surface area contributed by atoms with E-state index in [2.05, 4.69) is 15.7 Å². The fourth-order valence-electron chi connectivity index (χ4n) is 2.17. The normalized spacial score (nSPS) is 10.5. The Kier molecular flexibility index (Phi) is 6.10. The number of halogens is 1. The number of benzene rings is 1. The van der Waals surface area contributed by atoms with Gasteiger partial charge in [0.2, 0.25) is 0 Å². The van der Waals surface area contributed by atoms with Crippen molar-refractivity contribution in [1.29, 1.82) is 0 Å². The van der Waals surface area contributed by atoms with Crippen molar-refractivity contribution in [3.8, 4) is 0 Å². The molecule has 0 atom stereocenters. The summed E-state index contributed by atoms with van der Waals surface area (Å²) in [6.45, 7) is 5.24. The number of hydrogen-bond acceptors (Lipinski definition) is 4. The smallest absolute Gasteiger partial charge is 0.269 e. The van der Waals surface area contributed by atoms with Crippen LogP contribution in [0.3, 0.4) is 0 Å². The first kappa shape index (κ1) is 18.2. The molecule has 0 saturated carbocycles. The minimum Gasteiger partial charge on any atom is -0.362 e. The summed E-state index contributed by atoms with van der Waals surface area (Å²) in [5.74, 6) is 0. The third kappa shape index (κ3) is 4.65. The van der Waals surface area contributed by atoms with E-state index < -0.39 is 4.92 Å². The number of nitrogens with one attached hydrogen (secondary N) is 2. The molecule has 1 aromatic heterocycles. The quantitative estimate of drug-likeness (QED) is 0.352. The molecule has 0 aliphatic rings. The van der Waals surface area contributed by atoms with E-state index in [9.17, 15) is 10.1 Å². The van der Waals surface area contributed by atoms with Crippen LogP contribution in [0.5, 0.6) is 0 Å². The van der Waals surface area contributed by atoms with E-state index >= 15 is 0 Å². The Balaban J connectivity index is 1.75. The van der Waals surface area contributed by atoms with E-state index in [1.54, 1.807) is 12.1 Å². The van der Waals surface area contributed by atoms with Crippen molar-refractivity contribution in [1.82, 2.24) is 15.1 Å². The summed E-state index contributed by atoms with van der Waals surface area (Å²) in [5, 5.41) is 22.2. The average Bonchev–Trinajstić information content (AvgIpc) is 2.79. The number of nitrogens with zero attached hydrogens (tertiary/aromatic N) is 3. The minimum atomic E-state index is -0.439. The fraction of sp³-hybridized carbons (Fsp3) is 0.333. The van der Waals surface area contributed by atoms with Crippen LogP contribution in [0.25, 0.3) is 0 Å². The summed E-state index contributed by atoms with van der Waals surface area (Å²) in [5.41, 5.74) is 2.53. The van der Waals surface area contributed by atoms with Crippen molar-refractivity contribution in [3.63, 3.8) is 0 Å². The number of anilines is 1. The van der Waals surface area contributed by atoms with E-state index in [0.717, 1.165) is 24.4 Å². The summed E-state index contributed by atoms with van der Waals surface area (Å²) < 4.78 is 1.88. The molecule has 2 rings (SSSR count). The van der Waals surface area contributed by atoms with Crippen molar-refractivity contribution in [2.75, 3.05) is 11.9 Å². The van der Waals surface area contributed by atoms with Crippen molar-refractivity contribution in [2.45, 2.75) is 26.8 Å². The molecule has 0 bridgehead atoms. The van der Waals surface area contributed by atoms with Crippen LogP contribution in [0.15, 0.2) is 24.3 Å². The van der Waals surface area contributed by atoms with Gasteiger partial charge < -0.3 is 10.6 Å². The highest BCUT2D eigenvalue weighted by Gasteiger charge is 2.08. The summed E-state index contributed by atoms with van der Waals surface area (Å²) in [6, 6.07) is 6.09. The molecule has 0 aliphatic carbocycles. The zero-order valence-corrected chi connectivity index (χ0v) is 14.9. The largest absolute Gasteiger partial charge is 0.362 e. The molecule has 9 heteroatoms. The van der Waals surface area contributed by atoms with Gasteiger partial charge >= 0.3 is 0 Å². The van der Waals surface area contributed by atoms with Crippen LogP contribution >= 0.6 is 23.8 Å². The summed E-state index contributed by atoms with van der Waals surface area (Å²) in [7, 11) is 0. The molecular formula is C15H18ClN5O2S. The Morgan fingerprint density at radius 1 is 1.38 bits per heavy atom. The zero-order chi connectivity index (χ0) is 17.7. The molecule has 24 heavy (non-hydrogen) atoms. The Bertz CT molecular complexity index is 745. The Morgan fingerprint density at radius 3 is 2.58 bits per heavy atom. The molecule has 1 heterocycles. The highest BCUT2D eigenvalue weighted by Crippen LogP contribution is 2.19. The fourth-order valence-corrected chi connectivity index (χ4v) is 2.52. The average molecular weight is 368 g/mol. The maximum absolute atomic E-state index is 10.6. The van der Waals surface area contributed by atoms with Crippen molar-refractivity contribution >= 4 is 40.3 Å². The second kappa shape index (κ2) is 8.07. The van der Waals surface area contributed by atoms with Crippen LogP contribution in [0, 0.1) is 24.0 Å². The number of rotatable bonds is 6. The highest BCUT2D eigenvalue weighted by molar-refractivity contribution is 7.80. The van der Waals surface area contributed by atoms with Gasteiger partial charge in [-0.3, -0.25) is 14.8 Å². The number of aromatic nitrogens is 2. The van der Waals surface area contributed by atoms with Gasteiger partial charge in [0.15, 0.2) is 5.11 Å². The first-order valence-electron chi connectivity index (χ1n) is 7.37. The van der Waals surface area contributed by atoms with Gasteiger partial charge in [-0.2, -0.15) is 5.10 Å². The van der Waals surface area contributed by atoms with Crippen molar-refractivity contribution < 1.29 is 4.92 Å². The van der Waals surface area contributed by atoms with E-state index in [0.29, 0.717) is 22.4 Å². The topological polar surface area (TPSA) is 85.0 Å². The second-order valence-corrected chi connectivity index (χ2v) is 6.03. The van der Waals surface area contributed by atoms with E-state index in [-0.39, 0.29) is 5.69 Å². The van der Waals surface area contributed by atoms with E-state index in [1.807, 2.05) is 18.5 Å². The van der Waals surface area contributed by atoms with Gasteiger partial charge in [0, 0.05) is 30.9 Å². The molecule has 128 valence electrons. The van der Waals surface area contributed by atoms with Crippen molar-refractivity contribution in [3.05, 3.63) is 50.8 Å². The van der Waals surface area contributed by atoms with E-state index in [1.165, 1.54) is 12.1 Å². The van der Waals surface area contributed by atoms with Gasteiger partial charge in [-0.05, 0) is 44.6 Å². The minimum absolute atomic E-state index is 0.0444. The van der Waals surface area contributed by atoms with Crippen molar-refractivity contribution in [2.24, 2.45) is 0 Å². The van der Waals surface area contributed by atoms with E-state index in [4.69, 9.17) is 23.8 Å². The number of nitro groups is 1. The summed E-state index contributed by atoms with van der Waals surface area (Å²) >= 11 is 11.3. The van der Waals surface area contributed by atoms with Crippen LogP contribution in [0.4, 0.5) is 11.4 Å². The third-order valence-corrected chi connectivity index (χ3v) is 4.25.